The number of halogens is 2. The number of hydrogen-bond acceptors (Lipinski definition) is 3. The lowest BCUT2D eigenvalue weighted by molar-refractivity contribution is 0.350. The van der Waals surface area contributed by atoms with E-state index in [1.807, 2.05) is 0 Å². The number of rotatable bonds is 3. The quantitative estimate of drug-likeness (QED) is 0.808. The smallest absolute Gasteiger partial charge is 0.168 e. The van der Waals surface area contributed by atoms with E-state index in [4.69, 9.17) is 15.2 Å². The average molecular weight is 203 g/mol. The molecule has 0 saturated carbocycles. The summed E-state index contributed by atoms with van der Waals surface area (Å²) in [5, 5.41) is 0. The molecule has 1 rings (SSSR count). The molecular weight excluding hydrogens is 192 g/mol. The van der Waals surface area contributed by atoms with E-state index in [-0.39, 0.29) is 23.6 Å². The van der Waals surface area contributed by atoms with E-state index in [2.05, 4.69) is 0 Å². The first-order valence-corrected chi connectivity index (χ1v) is 3.94. The molecule has 1 aromatic rings. The van der Waals surface area contributed by atoms with Crippen LogP contribution in [0.15, 0.2) is 6.07 Å². The van der Waals surface area contributed by atoms with E-state index >= 15 is 0 Å². The van der Waals surface area contributed by atoms with Crippen molar-refractivity contribution in [2.45, 2.75) is 6.54 Å². The third-order valence-electron chi connectivity index (χ3n) is 1.85. The van der Waals surface area contributed by atoms with Crippen LogP contribution in [0.4, 0.5) is 8.78 Å². The molecule has 0 unspecified atom stereocenters. The van der Waals surface area contributed by atoms with Gasteiger partial charge in [0, 0.05) is 12.6 Å². The summed E-state index contributed by atoms with van der Waals surface area (Å²) in [5.41, 5.74) is 5.53. The highest BCUT2D eigenvalue weighted by molar-refractivity contribution is 5.46. The Morgan fingerprint density at radius 2 is 1.57 bits per heavy atom. The fourth-order valence-corrected chi connectivity index (χ4v) is 1.26. The first-order chi connectivity index (χ1) is 6.65. The molecule has 78 valence electrons. The van der Waals surface area contributed by atoms with Crippen molar-refractivity contribution < 1.29 is 18.3 Å². The molecule has 0 aliphatic carbocycles. The van der Waals surface area contributed by atoms with Crippen molar-refractivity contribution in [3.63, 3.8) is 0 Å². The minimum Gasteiger partial charge on any atom is -0.493 e. The van der Waals surface area contributed by atoms with Gasteiger partial charge in [-0.2, -0.15) is 0 Å². The molecular formula is C9H11F2NO2. The van der Waals surface area contributed by atoms with Crippen LogP contribution >= 0.6 is 0 Å². The molecule has 0 aromatic heterocycles. The van der Waals surface area contributed by atoms with Crippen LogP contribution in [0.1, 0.15) is 5.56 Å². The number of methoxy groups -OCH3 is 2. The van der Waals surface area contributed by atoms with E-state index in [1.54, 1.807) is 0 Å². The van der Waals surface area contributed by atoms with Gasteiger partial charge >= 0.3 is 0 Å². The summed E-state index contributed by atoms with van der Waals surface area (Å²) in [7, 11) is 2.57. The van der Waals surface area contributed by atoms with Gasteiger partial charge in [-0.05, 0) is 0 Å². The summed E-state index contributed by atoms with van der Waals surface area (Å²) in [6.07, 6.45) is 0. The Morgan fingerprint density at radius 1 is 1.14 bits per heavy atom. The van der Waals surface area contributed by atoms with Crippen molar-refractivity contribution in [2.75, 3.05) is 14.2 Å². The third-order valence-corrected chi connectivity index (χ3v) is 1.85. The lowest BCUT2D eigenvalue weighted by atomic mass is 10.1. The maximum absolute atomic E-state index is 13.1. The molecule has 0 aliphatic heterocycles. The van der Waals surface area contributed by atoms with Gasteiger partial charge in [0.15, 0.2) is 23.1 Å². The zero-order chi connectivity index (χ0) is 10.7. The zero-order valence-corrected chi connectivity index (χ0v) is 7.93. The summed E-state index contributed by atoms with van der Waals surface area (Å²) < 4.78 is 35.8. The molecule has 14 heavy (non-hydrogen) atoms. The van der Waals surface area contributed by atoms with Gasteiger partial charge in [0.25, 0.3) is 0 Å². The van der Waals surface area contributed by atoms with E-state index in [9.17, 15) is 8.78 Å². The Morgan fingerprint density at radius 3 is 1.86 bits per heavy atom. The largest absolute Gasteiger partial charge is 0.493 e. The Hall–Kier alpha value is -1.36. The third kappa shape index (κ3) is 1.63. The molecule has 0 atom stereocenters. The summed E-state index contributed by atoms with van der Waals surface area (Å²) >= 11 is 0. The molecule has 0 saturated heterocycles. The Labute approximate surface area is 80.4 Å². The van der Waals surface area contributed by atoms with Crippen molar-refractivity contribution in [2.24, 2.45) is 5.73 Å². The highest BCUT2D eigenvalue weighted by Crippen LogP contribution is 2.33. The van der Waals surface area contributed by atoms with E-state index in [1.165, 1.54) is 14.2 Å². The molecule has 0 amide bonds. The van der Waals surface area contributed by atoms with Gasteiger partial charge in [-0.1, -0.05) is 0 Å². The Kier molecular flexibility index (Phi) is 3.24. The molecule has 3 nitrogen and oxygen atoms in total. The van der Waals surface area contributed by atoms with Gasteiger partial charge in [-0.25, -0.2) is 8.78 Å². The summed E-state index contributed by atoms with van der Waals surface area (Å²) in [6, 6.07) is 0.705. The molecule has 0 spiro atoms. The van der Waals surface area contributed by atoms with Crippen LogP contribution in [0.25, 0.3) is 0 Å². The average Bonchev–Trinajstić information content (AvgIpc) is 2.16. The van der Waals surface area contributed by atoms with Crippen molar-refractivity contribution in [1.82, 2.24) is 0 Å². The van der Waals surface area contributed by atoms with E-state index in [0.29, 0.717) is 6.07 Å². The standard InChI is InChI=1S/C9H11F2NO2/c1-13-8-5(4-12)9(14-2)7(11)3-6(8)10/h3H,4,12H2,1-2H3. The van der Waals surface area contributed by atoms with Gasteiger partial charge in [0.05, 0.1) is 19.8 Å². The van der Waals surface area contributed by atoms with Crippen molar-refractivity contribution in [3.8, 4) is 11.5 Å². The molecule has 0 bridgehead atoms. The van der Waals surface area contributed by atoms with E-state index in [0.717, 1.165) is 0 Å². The second-order valence-electron chi connectivity index (χ2n) is 2.59. The lowest BCUT2D eigenvalue weighted by Crippen LogP contribution is -2.06. The Balaban J connectivity index is 3.43. The maximum Gasteiger partial charge on any atom is 0.168 e. The fourth-order valence-electron chi connectivity index (χ4n) is 1.26. The monoisotopic (exact) mass is 203 g/mol. The highest BCUT2D eigenvalue weighted by atomic mass is 19.1. The fraction of sp³-hybridized carbons (Fsp3) is 0.333. The molecule has 2 N–H and O–H groups in total. The number of ether oxygens (including phenoxy) is 2. The second kappa shape index (κ2) is 4.23. The first-order valence-electron chi connectivity index (χ1n) is 3.94. The van der Waals surface area contributed by atoms with Crippen LogP contribution in [0, 0.1) is 11.6 Å². The van der Waals surface area contributed by atoms with E-state index < -0.39 is 11.6 Å². The topological polar surface area (TPSA) is 44.5 Å². The first kappa shape index (κ1) is 10.7. The number of hydrogen-bond donors (Lipinski definition) is 1. The van der Waals surface area contributed by atoms with Crippen LogP contribution in [-0.4, -0.2) is 14.2 Å². The second-order valence-corrected chi connectivity index (χ2v) is 2.59. The van der Waals surface area contributed by atoms with Gasteiger partial charge in [0.1, 0.15) is 0 Å². The van der Waals surface area contributed by atoms with Crippen LogP contribution in [-0.2, 0) is 6.54 Å². The van der Waals surface area contributed by atoms with Gasteiger partial charge < -0.3 is 15.2 Å². The van der Waals surface area contributed by atoms with Gasteiger partial charge in [-0.3, -0.25) is 0 Å². The van der Waals surface area contributed by atoms with Crippen LogP contribution in [0.5, 0.6) is 11.5 Å². The SMILES string of the molecule is COc1c(F)cc(F)c(OC)c1CN. The number of nitrogens with two attached hydrogens (primary N) is 1. The number of benzene rings is 1. The molecule has 0 radical (unpaired) electrons. The van der Waals surface area contributed by atoms with Crippen molar-refractivity contribution in [3.05, 3.63) is 23.3 Å². The normalized spacial score (nSPS) is 10.1. The van der Waals surface area contributed by atoms with Crippen LogP contribution < -0.4 is 15.2 Å². The lowest BCUT2D eigenvalue weighted by Gasteiger charge is -2.12. The predicted octanol–water partition coefficient (Wildman–Crippen LogP) is 1.44. The Bertz CT molecular complexity index is 314. The summed E-state index contributed by atoms with van der Waals surface area (Å²) in [4.78, 5) is 0. The minimum absolute atomic E-state index is 0.0545. The van der Waals surface area contributed by atoms with Crippen molar-refractivity contribution >= 4 is 0 Å². The molecule has 1 aromatic carbocycles. The predicted molar refractivity (Wildman–Crippen MR) is 47.4 cm³/mol. The minimum atomic E-state index is -0.786. The van der Waals surface area contributed by atoms with Gasteiger partial charge in [-0.15, -0.1) is 0 Å². The zero-order valence-electron chi connectivity index (χ0n) is 7.93. The van der Waals surface area contributed by atoms with Gasteiger partial charge in [0.2, 0.25) is 0 Å². The highest BCUT2D eigenvalue weighted by Gasteiger charge is 2.18. The van der Waals surface area contributed by atoms with Crippen LogP contribution in [0.2, 0.25) is 0 Å². The maximum atomic E-state index is 13.1. The summed E-state index contributed by atoms with van der Waals surface area (Å²) in [5.74, 6) is -1.73. The molecule has 0 heterocycles. The van der Waals surface area contributed by atoms with Crippen molar-refractivity contribution in [1.29, 1.82) is 0 Å². The summed E-state index contributed by atoms with van der Waals surface area (Å²) in [6.45, 7) is -0.0545. The molecule has 5 heteroatoms. The van der Waals surface area contributed by atoms with Crippen LogP contribution in [0.3, 0.4) is 0 Å². The molecule has 0 aliphatic rings. The molecule has 0 fully saturated rings.